The lowest BCUT2D eigenvalue weighted by Crippen LogP contribution is -2.55. The van der Waals surface area contributed by atoms with Crippen LogP contribution in [0.25, 0.3) is 0 Å². The number of carbonyl (C=O) groups is 2. The minimum Gasteiger partial charge on any atom is -0.414 e. The Balaban J connectivity index is 1.40. The molecule has 2 fully saturated rings. The summed E-state index contributed by atoms with van der Waals surface area (Å²) in [5, 5.41) is 0. The Morgan fingerprint density at radius 3 is 2.28 bits per heavy atom. The molecule has 3 aliphatic heterocycles. The fourth-order valence-corrected chi connectivity index (χ4v) is 4.50. The number of cyclic esters (lactones) is 1. The van der Waals surface area contributed by atoms with E-state index in [0.717, 1.165) is 24.5 Å². The van der Waals surface area contributed by atoms with Gasteiger partial charge in [0.1, 0.15) is 25.4 Å². The van der Waals surface area contributed by atoms with Gasteiger partial charge in [0, 0.05) is 37.5 Å². The van der Waals surface area contributed by atoms with Gasteiger partial charge in [-0.1, -0.05) is 24.3 Å². The lowest BCUT2D eigenvalue weighted by molar-refractivity contribution is -0.125. The first-order chi connectivity index (χ1) is 14.2. The molecule has 150 valence electrons. The SMILES string of the molecule is O=C1COCCN1c1ccc([N+]2(CN3Cc4ccccc4C3)CCOC2=O)cc1. The molecule has 2 amide bonds. The molecule has 3 aliphatic rings. The number of morpholine rings is 1. The van der Waals surface area contributed by atoms with Crippen molar-refractivity contribution in [2.24, 2.45) is 0 Å². The number of carbonyl (C=O) groups excluding carboxylic acids is 2. The average Bonchev–Trinajstić information content (AvgIpc) is 3.32. The van der Waals surface area contributed by atoms with Crippen LogP contribution in [-0.4, -0.2) is 56.5 Å². The third kappa shape index (κ3) is 3.21. The van der Waals surface area contributed by atoms with Crippen LogP contribution < -0.4 is 9.38 Å². The van der Waals surface area contributed by atoms with Crippen LogP contribution in [0.5, 0.6) is 0 Å². The van der Waals surface area contributed by atoms with E-state index in [-0.39, 0.29) is 23.1 Å². The van der Waals surface area contributed by atoms with Gasteiger partial charge in [0.15, 0.2) is 6.67 Å². The van der Waals surface area contributed by atoms with Gasteiger partial charge in [-0.05, 0) is 23.3 Å². The average molecular weight is 394 g/mol. The third-order valence-corrected chi connectivity index (χ3v) is 6.04. The summed E-state index contributed by atoms with van der Waals surface area (Å²) in [6, 6.07) is 16.2. The number of hydrogen-bond acceptors (Lipinski definition) is 5. The van der Waals surface area contributed by atoms with Gasteiger partial charge in [-0.25, -0.2) is 4.90 Å². The second-order valence-corrected chi connectivity index (χ2v) is 7.82. The quantitative estimate of drug-likeness (QED) is 0.746. The minimum absolute atomic E-state index is 0.0386. The molecule has 5 rings (SSSR count). The lowest BCUT2D eigenvalue weighted by atomic mass is 10.1. The Bertz CT molecular complexity index is 920. The van der Waals surface area contributed by atoms with Crippen LogP contribution in [0, 0.1) is 0 Å². The van der Waals surface area contributed by atoms with E-state index in [2.05, 4.69) is 29.2 Å². The predicted octanol–water partition coefficient (Wildman–Crippen LogP) is 2.48. The van der Waals surface area contributed by atoms with Gasteiger partial charge < -0.3 is 14.4 Å². The zero-order valence-corrected chi connectivity index (χ0v) is 16.3. The normalized spacial score (nSPS) is 24.6. The molecule has 7 nitrogen and oxygen atoms in total. The van der Waals surface area contributed by atoms with Crippen molar-refractivity contribution in [2.75, 3.05) is 44.5 Å². The number of ether oxygens (including phenoxy) is 2. The van der Waals surface area contributed by atoms with Gasteiger partial charge in [-0.15, -0.1) is 0 Å². The van der Waals surface area contributed by atoms with Gasteiger partial charge in [-0.3, -0.25) is 4.79 Å². The standard InChI is InChI=1S/C22H24N3O4/c26-21-15-28-11-9-24(21)19-5-7-20(8-6-19)25(10-12-29-22(25)27)16-23-13-17-3-1-2-4-18(17)14-23/h1-8H,9-16H2/q+1. The topological polar surface area (TPSA) is 59.1 Å². The number of hydrogen-bond donors (Lipinski definition) is 0. The zero-order chi connectivity index (χ0) is 19.8. The third-order valence-electron chi connectivity index (χ3n) is 6.04. The van der Waals surface area contributed by atoms with Crippen LogP contribution in [-0.2, 0) is 27.4 Å². The van der Waals surface area contributed by atoms with E-state index in [1.54, 1.807) is 4.90 Å². The van der Waals surface area contributed by atoms with E-state index >= 15 is 0 Å². The monoisotopic (exact) mass is 394 g/mol. The van der Waals surface area contributed by atoms with Crippen LogP contribution >= 0.6 is 0 Å². The van der Waals surface area contributed by atoms with E-state index < -0.39 is 0 Å². The highest BCUT2D eigenvalue weighted by Crippen LogP contribution is 2.33. The number of amides is 2. The summed E-state index contributed by atoms with van der Waals surface area (Å²) in [5.41, 5.74) is 4.37. The molecule has 2 aromatic carbocycles. The predicted molar refractivity (Wildman–Crippen MR) is 108 cm³/mol. The minimum atomic E-state index is -0.212. The van der Waals surface area contributed by atoms with Crippen LogP contribution in [0.4, 0.5) is 16.2 Å². The van der Waals surface area contributed by atoms with Crippen LogP contribution in [0.15, 0.2) is 48.5 Å². The van der Waals surface area contributed by atoms with Crippen molar-refractivity contribution in [3.8, 4) is 0 Å². The maximum atomic E-state index is 12.8. The summed E-state index contributed by atoms with van der Waals surface area (Å²) >= 11 is 0. The second kappa shape index (κ2) is 7.26. The first-order valence-electron chi connectivity index (χ1n) is 9.98. The molecule has 0 spiro atoms. The summed E-state index contributed by atoms with van der Waals surface area (Å²) < 4.78 is 10.8. The summed E-state index contributed by atoms with van der Waals surface area (Å²) in [6.45, 7) is 4.48. The van der Waals surface area contributed by atoms with Crippen molar-refractivity contribution >= 4 is 23.4 Å². The Morgan fingerprint density at radius 1 is 0.931 bits per heavy atom. The molecule has 2 saturated heterocycles. The van der Waals surface area contributed by atoms with E-state index in [1.807, 2.05) is 24.3 Å². The Kier molecular flexibility index (Phi) is 4.58. The van der Waals surface area contributed by atoms with Crippen molar-refractivity contribution in [3.63, 3.8) is 0 Å². The fourth-order valence-electron chi connectivity index (χ4n) is 4.50. The van der Waals surface area contributed by atoms with Gasteiger partial charge in [-0.2, -0.15) is 9.28 Å². The molecule has 29 heavy (non-hydrogen) atoms. The van der Waals surface area contributed by atoms with Gasteiger partial charge in [0.25, 0.3) is 5.91 Å². The molecule has 7 heteroatoms. The molecule has 0 aliphatic carbocycles. The molecule has 1 atom stereocenters. The van der Waals surface area contributed by atoms with Crippen molar-refractivity contribution in [3.05, 3.63) is 59.7 Å². The van der Waals surface area contributed by atoms with E-state index in [9.17, 15) is 9.59 Å². The maximum absolute atomic E-state index is 12.8. The van der Waals surface area contributed by atoms with E-state index in [0.29, 0.717) is 33.0 Å². The van der Waals surface area contributed by atoms with Gasteiger partial charge in [0.05, 0.1) is 6.61 Å². The Hall–Kier alpha value is -2.74. The summed E-state index contributed by atoms with van der Waals surface area (Å²) in [7, 11) is 0. The van der Waals surface area contributed by atoms with Crippen molar-refractivity contribution < 1.29 is 19.1 Å². The largest absolute Gasteiger partial charge is 0.522 e. The molecule has 0 saturated carbocycles. The number of benzene rings is 2. The van der Waals surface area contributed by atoms with E-state index in [4.69, 9.17) is 9.47 Å². The van der Waals surface area contributed by atoms with Crippen LogP contribution in [0.2, 0.25) is 0 Å². The van der Waals surface area contributed by atoms with Gasteiger partial charge in [0.2, 0.25) is 0 Å². The summed E-state index contributed by atoms with van der Waals surface area (Å²) in [5.74, 6) is -0.0386. The highest BCUT2D eigenvalue weighted by atomic mass is 16.6. The molecule has 3 heterocycles. The molecule has 0 bridgehead atoms. The first-order valence-corrected chi connectivity index (χ1v) is 9.98. The number of rotatable bonds is 4. The highest BCUT2D eigenvalue weighted by molar-refractivity contribution is 5.95. The Labute approximate surface area is 169 Å². The van der Waals surface area contributed by atoms with Crippen LogP contribution in [0.1, 0.15) is 11.1 Å². The second-order valence-electron chi connectivity index (χ2n) is 7.82. The molecule has 1 unspecified atom stereocenters. The molecular weight excluding hydrogens is 370 g/mol. The van der Waals surface area contributed by atoms with Crippen LogP contribution in [0.3, 0.4) is 0 Å². The Morgan fingerprint density at radius 2 is 1.66 bits per heavy atom. The first kappa shape index (κ1) is 18.3. The molecule has 0 N–H and O–H groups in total. The van der Waals surface area contributed by atoms with Crippen molar-refractivity contribution in [1.29, 1.82) is 0 Å². The summed E-state index contributed by atoms with van der Waals surface area (Å²) in [6.07, 6.45) is -0.212. The van der Waals surface area contributed by atoms with Gasteiger partial charge >= 0.3 is 6.09 Å². The molecule has 0 radical (unpaired) electrons. The smallest absolute Gasteiger partial charge is 0.414 e. The number of anilines is 1. The number of nitrogens with zero attached hydrogens (tertiary/aromatic N) is 3. The molecule has 0 aromatic heterocycles. The molecule has 2 aromatic rings. The molecular formula is C22H24N3O4+. The highest BCUT2D eigenvalue weighted by Gasteiger charge is 2.48. The zero-order valence-electron chi connectivity index (χ0n) is 16.3. The fraction of sp³-hybridized carbons (Fsp3) is 0.364. The van der Waals surface area contributed by atoms with E-state index in [1.165, 1.54) is 11.1 Å². The number of quaternary nitrogens is 1. The van der Waals surface area contributed by atoms with Crippen molar-refractivity contribution in [2.45, 2.75) is 13.1 Å². The lowest BCUT2D eigenvalue weighted by Gasteiger charge is -2.32. The number of fused-ring (bicyclic) bond motifs is 1. The van der Waals surface area contributed by atoms with Crippen molar-refractivity contribution in [1.82, 2.24) is 9.38 Å². The maximum Gasteiger partial charge on any atom is 0.522 e. The summed E-state index contributed by atoms with van der Waals surface area (Å²) in [4.78, 5) is 29.0.